The zero-order chi connectivity index (χ0) is 12.5. The molecule has 112 valence electrons. The molecular weight excluding hydrogens is 260 g/mol. The number of likely N-dealkylation sites (N-methyl/N-ethyl adjacent to an activating group) is 1. The molecule has 0 aromatic heterocycles. The van der Waals surface area contributed by atoms with Gasteiger partial charge in [-0.3, -0.25) is 0 Å². The Morgan fingerprint density at radius 3 is 2.11 bits per heavy atom. The van der Waals surface area contributed by atoms with Gasteiger partial charge in [-0.15, -0.1) is 0 Å². The lowest BCUT2D eigenvalue weighted by Gasteiger charge is -2.47. The number of hydrogen-bond donors (Lipinski definition) is 3. The van der Waals surface area contributed by atoms with Crippen LogP contribution in [0.1, 0.15) is 6.92 Å². The van der Waals surface area contributed by atoms with Crippen LogP contribution in [0.3, 0.4) is 0 Å². The summed E-state index contributed by atoms with van der Waals surface area (Å²) in [5, 5.41) is 19.5. The van der Waals surface area contributed by atoms with E-state index >= 15 is 0 Å². The van der Waals surface area contributed by atoms with Crippen molar-refractivity contribution in [3.05, 3.63) is 0 Å². The molecule has 5 atom stereocenters. The summed E-state index contributed by atoms with van der Waals surface area (Å²) in [6.45, 7) is 1.79. The summed E-state index contributed by atoms with van der Waals surface area (Å²) < 4.78 is 11.5. The number of quaternary nitrogens is 1. The fraction of sp³-hybridized carbons (Fsp3) is 1.00. The molecule has 0 aromatic rings. The molecule has 1 saturated heterocycles. The van der Waals surface area contributed by atoms with Crippen LogP contribution in [0, 0.1) is 5.92 Å². The number of rotatable bonds is 3. The maximum absolute atomic E-state index is 10.3. The van der Waals surface area contributed by atoms with Gasteiger partial charge < -0.3 is 42.7 Å². The minimum atomic E-state index is -0.546. The topological polar surface area (TPSA) is 93.9 Å². The first-order valence-electron chi connectivity index (χ1n) is 5.61. The average molecular weight is 287 g/mol. The highest BCUT2D eigenvalue weighted by atomic mass is 35.5. The Morgan fingerprint density at radius 2 is 1.78 bits per heavy atom. The fourth-order valence-corrected chi connectivity index (χ4v) is 2.30. The van der Waals surface area contributed by atoms with E-state index in [1.165, 1.54) is 0 Å². The first kappa shape index (κ1) is 20.4. The van der Waals surface area contributed by atoms with E-state index in [9.17, 15) is 10.2 Å². The third-order valence-corrected chi connectivity index (χ3v) is 3.37. The van der Waals surface area contributed by atoms with Gasteiger partial charge in [-0.2, -0.15) is 0 Å². The molecule has 0 unspecified atom stereocenters. The van der Waals surface area contributed by atoms with Crippen LogP contribution in [0.15, 0.2) is 0 Å². The first-order chi connectivity index (χ1) is 7.32. The minimum Gasteiger partial charge on any atom is -1.00 e. The number of nitrogens with zero attached hydrogens (tertiary/aromatic N) is 1. The van der Waals surface area contributed by atoms with E-state index in [1.807, 2.05) is 28.1 Å². The van der Waals surface area contributed by atoms with Gasteiger partial charge in [0.05, 0.1) is 33.9 Å². The Bertz CT molecular complexity index is 236. The predicted octanol–water partition coefficient (Wildman–Crippen LogP) is -3.41. The SMILES string of the molecule is CO[C@@H]1O[C@H](CO)[C@@H](C)[C@H](O)[C@H]1[N+](C)(C)C.N.[Cl-]. The monoisotopic (exact) mass is 286 g/mol. The Kier molecular flexibility index (Phi) is 8.59. The van der Waals surface area contributed by atoms with E-state index in [0.717, 1.165) is 0 Å². The molecule has 1 aliphatic heterocycles. The number of aliphatic hydroxyl groups is 2. The molecule has 5 N–H and O–H groups in total. The molecule has 1 fully saturated rings. The normalized spacial score (nSPS) is 36.5. The van der Waals surface area contributed by atoms with Crippen LogP contribution >= 0.6 is 0 Å². The molecule has 7 heteroatoms. The van der Waals surface area contributed by atoms with Crippen molar-refractivity contribution in [3.8, 4) is 0 Å². The van der Waals surface area contributed by atoms with Crippen molar-refractivity contribution in [1.29, 1.82) is 0 Å². The molecule has 18 heavy (non-hydrogen) atoms. The summed E-state index contributed by atoms with van der Waals surface area (Å²) in [6.07, 6.45) is -1.39. The molecule has 1 rings (SSSR count). The standard InChI is InChI=1S/C11H24NO4.ClH.H3N/c1-7-8(6-13)16-11(15-5)9(10(7)14)12(2,3)4;;/h7-11,13-14H,6H2,1-5H3;1H;1H3/q+1;;/p-1/t7-,8-,9-,10+,11-;;/m1../s1. The van der Waals surface area contributed by atoms with Crippen LogP contribution in [0.25, 0.3) is 0 Å². The minimum absolute atomic E-state index is 0. The molecule has 0 saturated carbocycles. The van der Waals surface area contributed by atoms with Crippen LogP contribution in [0.5, 0.6) is 0 Å². The lowest BCUT2D eigenvalue weighted by molar-refractivity contribution is -0.909. The van der Waals surface area contributed by atoms with Crippen molar-refractivity contribution in [2.75, 3.05) is 34.9 Å². The van der Waals surface area contributed by atoms with E-state index in [0.29, 0.717) is 4.48 Å². The number of halogens is 1. The second-order valence-electron chi connectivity index (χ2n) is 5.42. The van der Waals surface area contributed by atoms with Crippen LogP contribution in [-0.4, -0.2) is 74.1 Å². The van der Waals surface area contributed by atoms with Gasteiger partial charge in [0.15, 0.2) is 6.04 Å². The van der Waals surface area contributed by atoms with E-state index in [-0.39, 0.29) is 43.2 Å². The summed E-state index contributed by atoms with van der Waals surface area (Å²) in [4.78, 5) is 0. The molecule has 0 bridgehead atoms. The Hall–Kier alpha value is 0.0500. The number of methoxy groups -OCH3 is 1. The van der Waals surface area contributed by atoms with Gasteiger partial charge in [0.25, 0.3) is 0 Å². The van der Waals surface area contributed by atoms with Gasteiger partial charge in [-0.1, -0.05) is 6.92 Å². The second-order valence-corrected chi connectivity index (χ2v) is 5.42. The van der Waals surface area contributed by atoms with Crippen molar-refractivity contribution in [1.82, 2.24) is 6.15 Å². The largest absolute Gasteiger partial charge is 1.00 e. The molecular formula is C11H27ClN2O4. The van der Waals surface area contributed by atoms with Gasteiger partial charge in [0.2, 0.25) is 6.29 Å². The highest BCUT2D eigenvalue weighted by Gasteiger charge is 2.49. The smallest absolute Gasteiger partial charge is 0.213 e. The van der Waals surface area contributed by atoms with Crippen LogP contribution in [0.4, 0.5) is 0 Å². The fourth-order valence-electron chi connectivity index (χ4n) is 2.30. The van der Waals surface area contributed by atoms with Crippen LogP contribution in [-0.2, 0) is 9.47 Å². The Morgan fingerprint density at radius 1 is 1.28 bits per heavy atom. The second kappa shape index (κ2) is 7.59. The maximum Gasteiger partial charge on any atom is 0.213 e. The lowest BCUT2D eigenvalue weighted by Crippen LogP contribution is -3.00. The lowest BCUT2D eigenvalue weighted by atomic mass is 9.88. The Balaban J connectivity index is 0. The maximum atomic E-state index is 10.3. The van der Waals surface area contributed by atoms with Gasteiger partial charge in [-0.25, -0.2) is 0 Å². The van der Waals surface area contributed by atoms with Crippen molar-refractivity contribution in [3.63, 3.8) is 0 Å². The number of aliphatic hydroxyl groups excluding tert-OH is 2. The molecule has 0 aromatic carbocycles. The summed E-state index contributed by atoms with van der Waals surface area (Å²) in [5.41, 5.74) is 0. The van der Waals surface area contributed by atoms with E-state index in [2.05, 4.69) is 0 Å². The molecule has 1 aliphatic rings. The quantitative estimate of drug-likeness (QED) is 0.470. The van der Waals surface area contributed by atoms with Gasteiger partial charge in [0, 0.05) is 13.0 Å². The predicted molar refractivity (Wildman–Crippen MR) is 64.8 cm³/mol. The molecule has 0 aliphatic carbocycles. The van der Waals surface area contributed by atoms with Crippen LogP contribution in [0.2, 0.25) is 0 Å². The van der Waals surface area contributed by atoms with Gasteiger partial charge in [-0.05, 0) is 0 Å². The molecule has 0 radical (unpaired) electrons. The summed E-state index contributed by atoms with van der Waals surface area (Å²) in [7, 11) is 7.55. The van der Waals surface area contributed by atoms with Gasteiger partial charge >= 0.3 is 0 Å². The molecule has 6 nitrogen and oxygen atoms in total. The van der Waals surface area contributed by atoms with E-state index < -0.39 is 12.4 Å². The molecule has 0 amide bonds. The first-order valence-corrected chi connectivity index (χ1v) is 5.61. The van der Waals surface area contributed by atoms with Crippen LogP contribution < -0.4 is 18.6 Å². The number of hydrogen-bond acceptors (Lipinski definition) is 5. The third kappa shape index (κ3) is 4.03. The van der Waals surface area contributed by atoms with Crippen molar-refractivity contribution in [2.24, 2.45) is 5.92 Å². The highest BCUT2D eigenvalue weighted by molar-refractivity contribution is 4.87. The highest BCUT2D eigenvalue weighted by Crippen LogP contribution is 2.30. The van der Waals surface area contributed by atoms with E-state index in [1.54, 1.807) is 7.11 Å². The summed E-state index contributed by atoms with van der Waals surface area (Å²) in [5.74, 6) is -0.0984. The summed E-state index contributed by atoms with van der Waals surface area (Å²) >= 11 is 0. The zero-order valence-electron chi connectivity index (χ0n) is 11.8. The van der Waals surface area contributed by atoms with E-state index in [4.69, 9.17) is 9.47 Å². The summed E-state index contributed by atoms with van der Waals surface area (Å²) in [6, 6.07) is -0.150. The number of ether oxygens (including phenoxy) is 2. The van der Waals surface area contributed by atoms with Crippen molar-refractivity contribution in [2.45, 2.75) is 31.5 Å². The molecule has 1 heterocycles. The van der Waals surface area contributed by atoms with Crippen molar-refractivity contribution >= 4 is 0 Å². The van der Waals surface area contributed by atoms with Crippen molar-refractivity contribution < 1.29 is 36.6 Å². The average Bonchev–Trinajstić information content (AvgIpc) is 2.19. The molecule has 0 spiro atoms. The van der Waals surface area contributed by atoms with Gasteiger partial charge in [0.1, 0.15) is 6.10 Å². The zero-order valence-corrected chi connectivity index (χ0v) is 12.6. The Labute approximate surface area is 115 Å². The third-order valence-electron chi connectivity index (χ3n) is 3.37.